The number of hydrogen-bond donors (Lipinski definition) is 1. The van der Waals surface area contributed by atoms with E-state index >= 15 is 0 Å². The summed E-state index contributed by atoms with van der Waals surface area (Å²) in [7, 11) is 0. The van der Waals surface area contributed by atoms with E-state index in [2.05, 4.69) is 5.10 Å². The van der Waals surface area contributed by atoms with E-state index in [-0.39, 0.29) is 15.7 Å². The number of benzene rings is 1. The van der Waals surface area contributed by atoms with E-state index in [1.54, 1.807) is 6.92 Å². The molecule has 2 N–H and O–H groups in total. The lowest BCUT2D eigenvalue weighted by Gasteiger charge is -2.13. The zero-order valence-electron chi connectivity index (χ0n) is 11.6. The van der Waals surface area contributed by atoms with Crippen LogP contribution in [0.1, 0.15) is 18.2 Å². The van der Waals surface area contributed by atoms with E-state index in [1.807, 2.05) is 6.92 Å². The number of alkyl halides is 3. The first-order valence-corrected chi connectivity index (χ1v) is 7.95. The minimum atomic E-state index is -4.53. The number of hydrogen-bond acceptors (Lipinski definition) is 3. The van der Waals surface area contributed by atoms with Gasteiger partial charge in [-0.25, -0.2) is 4.68 Å². The largest absolute Gasteiger partial charge is 0.416 e. The molecule has 0 spiro atoms. The van der Waals surface area contributed by atoms with Crippen LogP contribution in [0.4, 0.5) is 19.0 Å². The van der Waals surface area contributed by atoms with Crippen molar-refractivity contribution in [2.24, 2.45) is 0 Å². The maximum absolute atomic E-state index is 12.8. The molecule has 120 valence electrons. The molecule has 9 heteroatoms. The molecule has 0 saturated heterocycles. The van der Waals surface area contributed by atoms with Gasteiger partial charge in [0.15, 0.2) is 0 Å². The van der Waals surface area contributed by atoms with Crippen molar-refractivity contribution in [2.75, 3.05) is 11.5 Å². The number of aromatic nitrogens is 2. The van der Waals surface area contributed by atoms with Gasteiger partial charge in [-0.05, 0) is 24.8 Å². The monoisotopic (exact) mass is 369 g/mol. The molecule has 22 heavy (non-hydrogen) atoms. The molecule has 0 atom stereocenters. The number of nitrogens with zero attached hydrogens (tertiary/aromatic N) is 2. The Balaban J connectivity index is 2.62. The summed E-state index contributed by atoms with van der Waals surface area (Å²) >= 11 is 13.4. The lowest BCUT2D eigenvalue weighted by molar-refractivity contribution is -0.137. The van der Waals surface area contributed by atoms with Crippen LogP contribution in [0.5, 0.6) is 0 Å². The van der Waals surface area contributed by atoms with Crippen molar-refractivity contribution in [2.45, 2.75) is 24.9 Å². The van der Waals surface area contributed by atoms with Crippen LogP contribution in [-0.2, 0) is 6.18 Å². The number of halogens is 5. The van der Waals surface area contributed by atoms with Crippen LogP contribution in [0, 0.1) is 6.92 Å². The van der Waals surface area contributed by atoms with Crippen molar-refractivity contribution in [3.05, 3.63) is 33.4 Å². The smallest absolute Gasteiger partial charge is 0.383 e. The van der Waals surface area contributed by atoms with Crippen molar-refractivity contribution in [3.63, 3.8) is 0 Å². The van der Waals surface area contributed by atoms with Crippen molar-refractivity contribution in [3.8, 4) is 5.69 Å². The Morgan fingerprint density at radius 1 is 1.27 bits per heavy atom. The minimum Gasteiger partial charge on any atom is -0.383 e. The Kier molecular flexibility index (Phi) is 4.89. The highest BCUT2D eigenvalue weighted by Crippen LogP contribution is 2.39. The predicted octanol–water partition coefficient (Wildman–Crippen LogP) is 5.20. The van der Waals surface area contributed by atoms with E-state index < -0.39 is 11.7 Å². The van der Waals surface area contributed by atoms with Gasteiger partial charge < -0.3 is 5.73 Å². The molecule has 0 amide bonds. The Morgan fingerprint density at radius 3 is 2.27 bits per heavy atom. The fourth-order valence-electron chi connectivity index (χ4n) is 1.96. The Hall–Kier alpha value is -1.05. The van der Waals surface area contributed by atoms with Crippen molar-refractivity contribution >= 4 is 40.8 Å². The number of nitrogens with two attached hydrogens (primary N) is 1. The predicted molar refractivity (Wildman–Crippen MR) is 84.1 cm³/mol. The fraction of sp³-hybridized carbons (Fsp3) is 0.308. The first kappa shape index (κ1) is 17.3. The molecule has 1 heterocycles. The molecule has 1 aromatic heterocycles. The average molecular weight is 370 g/mol. The van der Waals surface area contributed by atoms with Crippen LogP contribution < -0.4 is 5.73 Å². The molecule has 0 saturated carbocycles. The highest BCUT2D eigenvalue weighted by molar-refractivity contribution is 7.99. The molecule has 0 fully saturated rings. The zero-order valence-corrected chi connectivity index (χ0v) is 14.0. The summed E-state index contributed by atoms with van der Waals surface area (Å²) in [5, 5.41) is 3.90. The van der Waals surface area contributed by atoms with E-state index in [1.165, 1.54) is 16.4 Å². The highest BCUT2D eigenvalue weighted by Gasteiger charge is 2.32. The minimum absolute atomic E-state index is 0.139. The summed E-state index contributed by atoms with van der Waals surface area (Å²) in [5.41, 5.74) is 5.91. The van der Waals surface area contributed by atoms with E-state index in [0.717, 1.165) is 22.8 Å². The highest BCUT2D eigenvalue weighted by atomic mass is 35.5. The van der Waals surface area contributed by atoms with Gasteiger partial charge in [0.05, 0.1) is 26.2 Å². The lowest BCUT2D eigenvalue weighted by atomic mass is 10.2. The third kappa shape index (κ3) is 3.16. The van der Waals surface area contributed by atoms with Gasteiger partial charge in [0.2, 0.25) is 0 Å². The zero-order chi connectivity index (χ0) is 16.7. The van der Waals surface area contributed by atoms with Gasteiger partial charge in [-0.3, -0.25) is 0 Å². The molecule has 0 unspecified atom stereocenters. The number of rotatable bonds is 3. The second-order valence-electron chi connectivity index (χ2n) is 4.43. The van der Waals surface area contributed by atoms with Gasteiger partial charge >= 0.3 is 6.18 Å². The van der Waals surface area contributed by atoms with Crippen LogP contribution >= 0.6 is 35.0 Å². The molecule has 2 rings (SSSR count). The molecule has 3 nitrogen and oxygen atoms in total. The van der Waals surface area contributed by atoms with Gasteiger partial charge in [-0.1, -0.05) is 30.1 Å². The van der Waals surface area contributed by atoms with Crippen LogP contribution in [0.25, 0.3) is 5.69 Å². The molecule has 0 aliphatic rings. The fourth-order valence-corrected chi connectivity index (χ4v) is 3.38. The molecular weight excluding hydrogens is 358 g/mol. The summed E-state index contributed by atoms with van der Waals surface area (Å²) in [6.45, 7) is 3.72. The van der Waals surface area contributed by atoms with Gasteiger partial charge in [0, 0.05) is 0 Å². The van der Waals surface area contributed by atoms with Gasteiger partial charge in [-0.2, -0.15) is 18.3 Å². The van der Waals surface area contributed by atoms with Gasteiger partial charge in [-0.15, -0.1) is 11.8 Å². The molecule has 0 aliphatic heterocycles. The van der Waals surface area contributed by atoms with Gasteiger partial charge in [0.25, 0.3) is 0 Å². The number of aryl methyl sites for hydroxylation is 1. The van der Waals surface area contributed by atoms with Crippen LogP contribution in [0.15, 0.2) is 17.0 Å². The summed E-state index contributed by atoms with van der Waals surface area (Å²) in [4.78, 5) is 0.759. The molecule has 0 bridgehead atoms. The topological polar surface area (TPSA) is 43.8 Å². The Labute approximate surface area is 139 Å². The Morgan fingerprint density at radius 2 is 1.82 bits per heavy atom. The molecule has 1 aromatic carbocycles. The number of anilines is 1. The van der Waals surface area contributed by atoms with Crippen LogP contribution in [-0.4, -0.2) is 15.5 Å². The maximum Gasteiger partial charge on any atom is 0.416 e. The second-order valence-corrected chi connectivity index (χ2v) is 6.52. The summed E-state index contributed by atoms with van der Waals surface area (Å²) in [6.07, 6.45) is -4.53. The van der Waals surface area contributed by atoms with E-state index in [4.69, 9.17) is 28.9 Å². The quantitative estimate of drug-likeness (QED) is 0.756. The standard InChI is InChI=1S/C13H12Cl2F3N3S/c1-3-22-11-6(2)20-21(12(11)19)10-8(14)4-7(5-9(10)15)13(16,17)18/h4-5H,3,19H2,1-2H3. The third-order valence-corrected chi connectivity index (χ3v) is 4.54. The summed E-state index contributed by atoms with van der Waals surface area (Å²) in [6, 6.07) is 1.62. The van der Waals surface area contributed by atoms with E-state index in [0.29, 0.717) is 11.5 Å². The summed E-state index contributed by atoms with van der Waals surface area (Å²) in [5.74, 6) is 1.08. The molecule has 2 aromatic rings. The van der Waals surface area contributed by atoms with Crippen molar-refractivity contribution < 1.29 is 13.2 Å². The van der Waals surface area contributed by atoms with Gasteiger partial charge in [0.1, 0.15) is 11.5 Å². The molecular formula is C13H12Cl2F3N3S. The number of nitrogen functional groups attached to an aromatic ring is 1. The molecule has 0 aliphatic carbocycles. The first-order chi connectivity index (χ1) is 10.2. The average Bonchev–Trinajstić information content (AvgIpc) is 2.65. The van der Waals surface area contributed by atoms with Crippen LogP contribution in [0.2, 0.25) is 10.0 Å². The maximum atomic E-state index is 12.8. The normalized spacial score (nSPS) is 12.0. The lowest BCUT2D eigenvalue weighted by Crippen LogP contribution is -2.08. The molecule has 0 radical (unpaired) electrons. The summed E-state index contributed by atoms with van der Waals surface area (Å²) < 4.78 is 39.6. The third-order valence-electron chi connectivity index (χ3n) is 2.88. The van der Waals surface area contributed by atoms with Crippen molar-refractivity contribution in [1.29, 1.82) is 0 Å². The first-order valence-electron chi connectivity index (χ1n) is 6.21. The van der Waals surface area contributed by atoms with Crippen molar-refractivity contribution in [1.82, 2.24) is 9.78 Å². The van der Waals surface area contributed by atoms with Crippen LogP contribution in [0.3, 0.4) is 0 Å². The number of thioether (sulfide) groups is 1. The second kappa shape index (κ2) is 6.22. The van der Waals surface area contributed by atoms with E-state index in [9.17, 15) is 13.2 Å². The Bertz CT molecular complexity index is 690. The SMILES string of the molecule is CCSc1c(C)nn(-c2c(Cl)cc(C(F)(F)F)cc2Cl)c1N.